The van der Waals surface area contributed by atoms with Gasteiger partial charge in [-0.2, -0.15) is 0 Å². The van der Waals surface area contributed by atoms with Crippen LogP contribution in [0.5, 0.6) is 0 Å². The molecular formula is C26H29N5O3. The second-order valence-electron chi connectivity index (χ2n) is 9.10. The van der Waals surface area contributed by atoms with Crippen molar-refractivity contribution in [3.8, 4) is 0 Å². The van der Waals surface area contributed by atoms with E-state index in [1.807, 2.05) is 57.2 Å². The lowest BCUT2D eigenvalue weighted by Crippen LogP contribution is -2.50. The first kappa shape index (κ1) is 23.2. The third-order valence-corrected chi connectivity index (χ3v) is 5.37. The number of hydrogen-bond acceptors (Lipinski definition) is 6. The normalized spacial score (nSPS) is 14.4. The van der Waals surface area contributed by atoms with E-state index in [1.165, 1.54) is 6.08 Å². The summed E-state index contributed by atoms with van der Waals surface area (Å²) in [6, 6.07) is 13.4. The highest BCUT2D eigenvalue weighted by atomic mass is 16.6. The van der Waals surface area contributed by atoms with E-state index in [2.05, 4.69) is 20.2 Å². The summed E-state index contributed by atoms with van der Waals surface area (Å²) in [6.07, 6.45) is 6.42. The number of hydrogen-bond donors (Lipinski definition) is 1. The molecule has 1 aliphatic heterocycles. The van der Waals surface area contributed by atoms with Crippen molar-refractivity contribution in [1.29, 1.82) is 0 Å². The van der Waals surface area contributed by atoms with E-state index in [9.17, 15) is 9.59 Å². The largest absolute Gasteiger partial charge is 0.444 e. The fraction of sp³-hybridized carbons (Fsp3) is 0.308. The number of carbonyl (C=O) groups excluding carboxylic acids is 2. The molecule has 1 aromatic carbocycles. The fourth-order valence-electron chi connectivity index (χ4n) is 3.72. The minimum atomic E-state index is -0.501. The monoisotopic (exact) mass is 459 g/mol. The number of anilines is 2. The van der Waals surface area contributed by atoms with E-state index in [4.69, 9.17) is 4.74 Å². The molecule has 0 radical (unpaired) electrons. The molecule has 4 rings (SSSR count). The maximum atomic E-state index is 12.4. The molecule has 176 valence electrons. The summed E-state index contributed by atoms with van der Waals surface area (Å²) in [7, 11) is 0. The predicted molar refractivity (Wildman–Crippen MR) is 134 cm³/mol. The molecule has 1 N–H and O–H groups in total. The highest BCUT2D eigenvalue weighted by molar-refractivity contribution is 6.02. The third-order valence-electron chi connectivity index (χ3n) is 5.37. The average molecular weight is 460 g/mol. The molecule has 0 saturated carbocycles. The highest BCUT2D eigenvalue weighted by Gasteiger charge is 2.26. The lowest BCUT2D eigenvalue weighted by Gasteiger charge is -2.36. The van der Waals surface area contributed by atoms with Crippen LogP contribution >= 0.6 is 0 Å². The van der Waals surface area contributed by atoms with Gasteiger partial charge in [0.05, 0.1) is 17.4 Å². The SMILES string of the molecule is CC(C)(C)OC(=O)N1CCN(c2ccc(NC(=O)/C=C/c3cccc4cccnc34)nc2)CC1. The molecule has 0 bridgehead atoms. The van der Waals surface area contributed by atoms with Crippen LogP contribution in [0.2, 0.25) is 0 Å². The molecule has 1 saturated heterocycles. The second kappa shape index (κ2) is 9.91. The molecule has 34 heavy (non-hydrogen) atoms. The minimum Gasteiger partial charge on any atom is -0.444 e. The van der Waals surface area contributed by atoms with Gasteiger partial charge in [-0.15, -0.1) is 0 Å². The van der Waals surface area contributed by atoms with Crippen molar-refractivity contribution in [2.45, 2.75) is 26.4 Å². The van der Waals surface area contributed by atoms with Gasteiger partial charge in [0, 0.05) is 49.4 Å². The second-order valence-corrected chi connectivity index (χ2v) is 9.10. The number of ether oxygens (including phenoxy) is 1. The number of nitrogens with zero attached hydrogens (tertiary/aromatic N) is 4. The van der Waals surface area contributed by atoms with Gasteiger partial charge in [-0.25, -0.2) is 9.78 Å². The maximum Gasteiger partial charge on any atom is 0.410 e. The Morgan fingerprint density at radius 1 is 1.00 bits per heavy atom. The Kier molecular flexibility index (Phi) is 6.77. The van der Waals surface area contributed by atoms with Gasteiger partial charge in [-0.1, -0.05) is 24.3 Å². The van der Waals surface area contributed by atoms with Crippen LogP contribution in [-0.2, 0) is 9.53 Å². The number of nitrogens with one attached hydrogen (secondary N) is 1. The van der Waals surface area contributed by atoms with Crippen LogP contribution in [0.3, 0.4) is 0 Å². The number of aromatic nitrogens is 2. The minimum absolute atomic E-state index is 0.265. The number of pyridine rings is 2. The molecule has 0 unspecified atom stereocenters. The zero-order valence-electron chi connectivity index (χ0n) is 19.7. The molecule has 2 aromatic heterocycles. The van der Waals surface area contributed by atoms with Gasteiger partial charge in [0.25, 0.3) is 0 Å². The van der Waals surface area contributed by atoms with Crippen molar-refractivity contribution >= 4 is 40.5 Å². The fourth-order valence-corrected chi connectivity index (χ4v) is 3.72. The van der Waals surface area contributed by atoms with Crippen LogP contribution < -0.4 is 10.2 Å². The summed E-state index contributed by atoms with van der Waals surface area (Å²) in [5.74, 6) is 0.209. The van der Waals surface area contributed by atoms with Gasteiger partial charge < -0.3 is 19.9 Å². The smallest absolute Gasteiger partial charge is 0.410 e. The quantitative estimate of drug-likeness (QED) is 0.584. The molecule has 0 spiro atoms. The molecule has 3 aromatic rings. The number of piperazine rings is 1. The summed E-state index contributed by atoms with van der Waals surface area (Å²) in [4.78, 5) is 37.3. The van der Waals surface area contributed by atoms with Crippen LogP contribution in [0.15, 0.2) is 60.9 Å². The van der Waals surface area contributed by atoms with E-state index in [0.717, 1.165) is 22.2 Å². The molecule has 1 fully saturated rings. The lowest BCUT2D eigenvalue weighted by molar-refractivity contribution is -0.111. The Morgan fingerprint density at radius 2 is 1.76 bits per heavy atom. The van der Waals surface area contributed by atoms with Crippen molar-refractivity contribution in [3.05, 3.63) is 66.5 Å². The van der Waals surface area contributed by atoms with Crippen LogP contribution in [0.1, 0.15) is 26.3 Å². The zero-order chi connectivity index (χ0) is 24.1. The number of para-hydroxylation sites is 1. The topological polar surface area (TPSA) is 87.7 Å². The van der Waals surface area contributed by atoms with E-state index >= 15 is 0 Å². The van der Waals surface area contributed by atoms with Crippen molar-refractivity contribution in [3.63, 3.8) is 0 Å². The molecule has 8 nitrogen and oxygen atoms in total. The number of fused-ring (bicyclic) bond motifs is 1. The van der Waals surface area contributed by atoms with Gasteiger partial charge in [0.1, 0.15) is 11.4 Å². The summed E-state index contributed by atoms with van der Waals surface area (Å²) >= 11 is 0. The highest BCUT2D eigenvalue weighted by Crippen LogP contribution is 2.20. The summed E-state index contributed by atoms with van der Waals surface area (Å²) in [6.45, 7) is 8.14. The summed E-state index contributed by atoms with van der Waals surface area (Å²) < 4.78 is 5.45. The van der Waals surface area contributed by atoms with E-state index in [0.29, 0.717) is 32.0 Å². The Balaban J connectivity index is 1.31. The third kappa shape index (κ3) is 5.89. The molecule has 3 heterocycles. The summed E-state index contributed by atoms with van der Waals surface area (Å²) in [5.41, 5.74) is 2.17. The molecular weight excluding hydrogens is 430 g/mol. The molecule has 0 aliphatic carbocycles. The van der Waals surface area contributed by atoms with Gasteiger partial charge in [0.2, 0.25) is 5.91 Å². The van der Waals surface area contributed by atoms with Gasteiger partial charge in [0.15, 0.2) is 0 Å². The lowest BCUT2D eigenvalue weighted by atomic mass is 10.1. The number of amides is 2. The van der Waals surface area contributed by atoms with E-state index in [-0.39, 0.29) is 12.0 Å². The maximum absolute atomic E-state index is 12.4. The van der Waals surface area contributed by atoms with Crippen molar-refractivity contribution < 1.29 is 14.3 Å². The van der Waals surface area contributed by atoms with Crippen molar-refractivity contribution in [1.82, 2.24) is 14.9 Å². The zero-order valence-corrected chi connectivity index (χ0v) is 19.7. The Bertz CT molecular complexity index is 1190. The van der Waals surface area contributed by atoms with E-state index in [1.54, 1.807) is 29.4 Å². The Labute approximate surface area is 199 Å². The van der Waals surface area contributed by atoms with Crippen LogP contribution in [0, 0.1) is 0 Å². The van der Waals surface area contributed by atoms with Crippen molar-refractivity contribution in [2.75, 3.05) is 36.4 Å². The van der Waals surface area contributed by atoms with Crippen molar-refractivity contribution in [2.24, 2.45) is 0 Å². The number of benzene rings is 1. The van der Waals surface area contributed by atoms with Gasteiger partial charge >= 0.3 is 6.09 Å². The average Bonchev–Trinajstić information content (AvgIpc) is 2.82. The van der Waals surface area contributed by atoms with Gasteiger partial charge in [-0.3, -0.25) is 9.78 Å². The van der Waals surface area contributed by atoms with E-state index < -0.39 is 5.60 Å². The first-order chi connectivity index (χ1) is 16.3. The number of rotatable bonds is 4. The summed E-state index contributed by atoms with van der Waals surface area (Å²) in [5, 5.41) is 3.81. The first-order valence-electron chi connectivity index (χ1n) is 11.3. The Hall–Kier alpha value is -3.94. The number of carbonyl (C=O) groups is 2. The van der Waals surface area contributed by atoms with Gasteiger partial charge in [-0.05, 0) is 45.0 Å². The van der Waals surface area contributed by atoms with Crippen LogP contribution in [-0.4, -0.2) is 58.6 Å². The predicted octanol–water partition coefficient (Wildman–Crippen LogP) is 4.34. The van der Waals surface area contributed by atoms with Crippen LogP contribution in [0.25, 0.3) is 17.0 Å². The van der Waals surface area contributed by atoms with Crippen LogP contribution in [0.4, 0.5) is 16.3 Å². The first-order valence-corrected chi connectivity index (χ1v) is 11.3. The molecule has 1 aliphatic rings. The molecule has 2 amide bonds. The molecule has 0 atom stereocenters. The Morgan fingerprint density at radius 3 is 2.47 bits per heavy atom. The standard InChI is InChI=1S/C26H29N5O3/c1-26(2,3)34-25(33)31-16-14-30(15-17-31)21-10-11-22(28-18-21)29-23(32)12-9-20-7-4-6-19-8-5-13-27-24(19)20/h4-13,18H,14-17H2,1-3H3,(H,28,29,32)/b12-9+. The molecule has 8 heteroatoms.